The third kappa shape index (κ3) is 3.70. The monoisotopic (exact) mass is 366 g/mol. The second-order valence-electron chi connectivity index (χ2n) is 6.54. The Kier molecular flexibility index (Phi) is 4.64. The highest BCUT2D eigenvalue weighted by Crippen LogP contribution is 2.23. The number of piperazine rings is 1. The molecule has 4 rings (SSSR count). The average Bonchev–Trinajstić information content (AvgIpc) is 2.68. The van der Waals surface area contributed by atoms with Crippen LogP contribution in [0, 0.1) is 5.82 Å². The van der Waals surface area contributed by atoms with Gasteiger partial charge in [-0.15, -0.1) is 0 Å². The van der Waals surface area contributed by atoms with Gasteiger partial charge in [0.2, 0.25) is 0 Å². The molecular formula is C19H19FN6O. The Morgan fingerprint density at radius 3 is 2.96 bits per heavy atom. The van der Waals surface area contributed by atoms with Gasteiger partial charge in [-0.05, 0) is 25.1 Å². The number of aromatic nitrogens is 3. The number of nitrogens with one attached hydrogen (secondary N) is 2. The van der Waals surface area contributed by atoms with Gasteiger partial charge in [0.05, 0.1) is 23.6 Å². The molecule has 0 bridgehead atoms. The van der Waals surface area contributed by atoms with Gasteiger partial charge in [0, 0.05) is 37.3 Å². The number of anilines is 2. The summed E-state index contributed by atoms with van der Waals surface area (Å²) in [6.45, 7) is 4.66. The van der Waals surface area contributed by atoms with Crippen LogP contribution in [0.4, 0.5) is 15.9 Å². The van der Waals surface area contributed by atoms with Crippen molar-refractivity contribution in [2.45, 2.75) is 13.0 Å². The van der Waals surface area contributed by atoms with Gasteiger partial charge in [-0.1, -0.05) is 6.07 Å². The lowest BCUT2D eigenvalue weighted by molar-refractivity contribution is 0.102. The second kappa shape index (κ2) is 7.24. The van der Waals surface area contributed by atoms with Gasteiger partial charge < -0.3 is 15.5 Å². The first-order valence-electron chi connectivity index (χ1n) is 8.76. The van der Waals surface area contributed by atoms with E-state index in [1.807, 2.05) is 0 Å². The van der Waals surface area contributed by atoms with Gasteiger partial charge in [-0.25, -0.2) is 14.4 Å². The predicted molar refractivity (Wildman–Crippen MR) is 101 cm³/mol. The first-order chi connectivity index (χ1) is 13.1. The van der Waals surface area contributed by atoms with Crippen LogP contribution in [0.2, 0.25) is 0 Å². The Labute approximate surface area is 155 Å². The molecule has 138 valence electrons. The fourth-order valence-corrected chi connectivity index (χ4v) is 3.18. The molecule has 1 aromatic carbocycles. The second-order valence-corrected chi connectivity index (χ2v) is 6.54. The lowest BCUT2D eigenvalue weighted by atomic mass is 10.2. The van der Waals surface area contributed by atoms with E-state index in [-0.39, 0.29) is 5.69 Å². The maximum absolute atomic E-state index is 13.8. The van der Waals surface area contributed by atoms with Crippen LogP contribution in [0.3, 0.4) is 0 Å². The van der Waals surface area contributed by atoms with E-state index in [1.54, 1.807) is 24.5 Å². The Balaban J connectivity index is 1.54. The third-order valence-electron chi connectivity index (χ3n) is 4.48. The average molecular weight is 366 g/mol. The van der Waals surface area contributed by atoms with E-state index in [2.05, 4.69) is 37.4 Å². The highest BCUT2D eigenvalue weighted by molar-refractivity contribution is 6.07. The third-order valence-corrected chi connectivity index (χ3v) is 4.48. The molecule has 1 aliphatic heterocycles. The van der Waals surface area contributed by atoms with E-state index in [9.17, 15) is 9.18 Å². The van der Waals surface area contributed by atoms with Crippen LogP contribution >= 0.6 is 0 Å². The SMILES string of the molecule is C[C@H]1CN(c2cnc(C(=O)Nc3cc(F)cc4cccnc34)cn2)CCN1. The maximum atomic E-state index is 13.8. The predicted octanol–water partition coefficient (Wildman–Crippen LogP) is 2.21. The molecule has 0 radical (unpaired) electrons. The first kappa shape index (κ1) is 17.3. The number of carbonyl (C=O) groups excluding carboxylic acids is 1. The Hall–Kier alpha value is -3.13. The van der Waals surface area contributed by atoms with Gasteiger partial charge in [0.15, 0.2) is 0 Å². The van der Waals surface area contributed by atoms with Crippen molar-refractivity contribution in [3.8, 4) is 0 Å². The number of amides is 1. The molecule has 1 saturated heterocycles. The quantitative estimate of drug-likeness (QED) is 0.740. The molecule has 3 aromatic rings. The van der Waals surface area contributed by atoms with E-state index >= 15 is 0 Å². The number of pyridine rings is 1. The van der Waals surface area contributed by atoms with Crippen molar-refractivity contribution < 1.29 is 9.18 Å². The van der Waals surface area contributed by atoms with Crippen LogP contribution in [0.5, 0.6) is 0 Å². The van der Waals surface area contributed by atoms with Gasteiger partial charge >= 0.3 is 0 Å². The largest absolute Gasteiger partial charge is 0.353 e. The topological polar surface area (TPSA) is 83.0 Å². The Bertz CT molecular complexity index is 978. The van der Waals surface area contributed by atoms with E-state index in [1.165, 1.54) is 18.3 Å². The van der Waals surface area contributed by atoms with Crippen molar-refractivity contribution >= 4 is 28.3 Å². The molecule has 0 spiro atoms. The Morgan fingerprint density at radius 2 is 2.19 bits per heavy atom. The number of fused-ring (bicyclic) bond motifs is 1. The summed E-state index contributed by atoms with van der Waals surface area (Å²) in [5.74, 6) is -0.168. The van der Waals surface area contributed by atoms with Crippen molar-refractivity contribution in [2.24, 2.45) is 0 Å². The molecule has 0 aliphatic carbocycles. The Morgan fingerprint density at radius 1 is 1.30 bits per heavy atom. The normalized spacial score (nSPS) is 17.1. The number of halogens is 1. The molecular weight excluding hydrogens is 347 g/mol. The summed E-state index contributed by atoms with van der Waals surface area (Å²) in [4.78, 5) is 27.5. The van der Waals surface area contributed by atoms with E-state index in [0.29, 0.717) is 22.6 Å². The van der Waals surface area contributed by atoms with Crippen molar-refractivity contribution in [1.29, 1.82) is 0 Å². The number of hydrogen-bond acceptors (Lipinski definition) is 6. The zero-order valence-corrected chi connectivity index (χ0v) is 14.8. The molecule has 1 fully saturated rings. The first-order valence-corrected chi connectivity index (χ1v) is 8.76. The highest BCUT2D eigenvalue weighted by atomic mass is 19.1. The number of benzene rings is 1. The van der Waals surface area contributed by atoms with Gasteiger partial charge in [-0.3, -0.25) is 9.78 Å². The van der Waals surface area contributed by atoms with Crippen LogP contribution in [0.25, 0.3) is 10.9 Å². The van der Waals surface area contributed by atoms with Crippen LogP contribution < -0.4 is 15.5 Å². The van der Waals surface area contributed by atoms with Crippen molar-refractivity contribution in [2.75, 3.05) is 29.9 Å². The highest BCUT2D eigenvalue weighted by Gasteiger charge is 2.18. The van der Waals surface area contributed by atoms with Crippen LogP contribution in [0.1, 0.15) is 17.4 Å². The number of nitrogens with zero attached hydrogens (tertiary/aromatic N) is 4. The minimum absolute atomic E-state index is 0.162. The molecule has 27 heavy (non-hydrogen) atoms. The number of hydrogen-bond donors (Lipinski definition) is 2. The summed E-state index contributed by atoms with van der Waals surface area (Å²) in [5.41, 5.74) is 0.985. The van der Waals surface area contributed by atoms with Gasteiger partial charge in [0.1, 0.15) is 17.3 Å². The lowest BCUT2D eigenvalue weighted by Crippen LogP contribution is -2.49. The minimum atomic E-state index is -0.458. The van der Waals surface area contributed by atoms with E-state index < -0.39 is 11.7 Å². The molecule has 3 heterocycles. The zero-order valence-electron chi connectivity index (χ0n) is 14.8. The maximum Gasteiger partial charge on any atom is 0.275 e. The lowest BCUT2D eigenvalue weighted by Gasteiger charge is -2.32. The molecule has 2 aromatic heterocycles. The summed E-state index contributed by atoms with van der Waals surface area (Å²) >= 11 is 0. The summed E-state index contributed by atoms with van der Waals surface area (Å²) in [6, 6.07) is 6.45. The van der Waals surface area contributed by atoms with Crippen molar-refractivity contribution in [3.05, 3.63) is 54.4 Å². The smallest absolute Gasteiger partial charge is 0.275 e. The molecule has 8 heteroatoms. The van der Waals surface area contributed by atoms with Crippen molar-refractivity contribution in [1.82, 2.24) is 20.3 Å². The van der Waals surface area contributed by atoms with Crippen LogP contribution in [-0.4, -0.2) is 46.5 Å². The zero-order chi connectivity index (χ0) is 18.8. The summed E-state index contributed by atoms with van der Waals surface area (Å²) in [6.07, 6.45) is 4.63. The van der Waals surface area contributed by atoms with Crippen LogP contribution in [0.15, 0.2) is 42.9 Å². The minimum Gasteiger partial charge on any atom is -0.353 e. The standard InChI is InChI=1S/C19H19FN6O/c1-12-11-26(6-5-21-12)17-10-23-16(9-24-17)19(27)25-15-8-14(20)7-13-3-2-4-22-18(13)15/h2-4,7-10,12,21H,5-6,11H2,1H3,(H,25,27)/t12-/m0/s1. The number of carbonyl (C=O) groups is 1. The fourth-order valence-electron chi connectivity index (χ4n) is 3.18. The summed E-state index contributed by atoms with van der Waals surface area (Å²) in [5, 5.41) is 6.66. The molecule has 1 amide bonds. The summed E-state index contributed by atoms with van der Waals surface area (Å²) < 4.78 is 13.8. The van der Waals surface area contributed by atoms with Crippen molar-refractivity contribution in [3.63, 3.8) is 0 Å². The van der Waals surface area contributed by atoms with Crippen LogP contribution in [-0.2, 0) is 0 Å². The van der Waals surface area contributed by atoms with Gasteiger partial charge in [-0.2, -0.15) is 0 Å². The molecule has 0 unspecified atom stereocenters. The van der Waals surface area contributed by atoms with E-state index in [4.69, 9.17) is 0 Å². The van der Waals surface area contributed by atoms with Gasteiger partial charge in [0.25, 0.3) is 5.91 Å². The van der Waals surface area contributed by atoms with E-state index in [0.717, 1.165) is 25.5 Å². The summed E-state index contributed by atoms with van der Waals surface area (Å²) in [7, 11) is 0. The number of rotatable bonds is 3. The molecule has 7 nitrogen and oxygen atoms in total. The molecule has 1 atom stereocenters. The fraction of sp³-hybridized carbons (Fsp3) is 0.263. The molecule has 2 N–H and O–H groups in total. The molecule has 1 aliphatic rings. The molecule has 0 saturated carbocycles.